The van der Waals surface area contributed by atoms with Crippen LogP contribution in [0.1, 0.15) is 25.0 Å². The Labute approximate surface area is 134 Å². The van der Waals surface area contributed by atoms with Crippen LogP contribution in [0.3, 0.4) is 0 Å². The van der Waals surface area contributed by atoms with E-state index in [-0.39, 0.29) is 22.7 Å². The average Bonchev–Trinajstić information content (AvgIpc) is 2.49. The molecule has 1 fully saturated rings. The van der Waals surface area contributed by atoms with Crippen molar-refractivity contribution < 1.29 is 24.8 Å². The van der Waals surface area contributed by atoms with E-state index >= 15 is 0 Å². The highest BCUT2D eigenvalue weighted by Crippen LogP contribution is 2.47. The molecule has 0 saturated carbocycles. The summed E-state index contributed by atoms with van der Waals surface area (Å²) in [6, 6.07) is 10.9. The van der Waals surface area contributed by atoms with Crippen molar-refractivity contribution in [2.24, 2.45) is 5.41 Å². The lowest BCUT2D eigenvalue weighted by atomic mass is 9.90. The third-order valence-electron chi connectivity index (χ3n) is 3.93. The lowest BCUT2D eigenvalue weighted by Crippen LogP contribution is -2.46. The summed E-state index contributed by atoms with van der Waals surface area (Å²) < 4.78 is 12.1. The Morgan fingerprint density at radius 1 is 0.826 bits per heavy atom. The minimum absolute atomic E-state index is 0.0136. The van der Waals surface area contributed by atoms with E-state index in [0.717, 1.165) is 0 Å². The zero-order valence-corrected chi connectivity index (χ0v) is 13.1. The molecule has 122 valence electrons. The minimum atomic E-state index is -1.42. The molecule has 0 aliphatic carbocycles. The fourth-order valence-electron chi connectivity index (χ4n) is 2.68. The first-order chi connectivity index (χ1) is 10.8. The molecule has 0 unspecified atom stereocenters. The van der Waals surface area contributed by atoms with Crippen LogP contribution in [0.2, 0.25) is 0 Å². The predicted octanol–water partition coefficient (Wildman–Crippen LogP) is 3.08. The van der Waals surface area contributed by atoms with Gasteiger partial charge in [-0.2, -0.15) is 0 Å². The second-order valence-corrected chi connectivity index (χ2v) is 6.58. The molecule has 5 heteroatoms. The molecule has 0 radical (unpaired) electrons. The topological polar surface area (TPSA) is 79.2 Å². The van der Waals surface area contributed by atoms with Crippen molar-refractivity contribution in [2.45, 2.75) is 19.6 Å². The van der Waals surface area contributed by atoms with E-state index in [2.05, 4.69) is 0 Å². The summed E-state index contributed by atoms with van der Waals surface area (Å²) in [5.74, 6) is -1.62. The molecule has 3 rings (SSSR count). The Hall–Kier alpha value is -2.24. The van der Waals surface area contributed by atoms with E-state index in [0.29, 0.717) is 24.3 Å². The van der Waals surface area contributed by atoms with Gasteiger partial charge in [-0.3, -0.25) is 0 Å². The van der Waals surface area contributed by atoms with Crippen molar-refractivity contribution in [1.82, 2.24) is 0 Å². The van der Waals surface area contributed by atoms with Gasteiger partial charge in [0.1, 0.15) is 17.2 Å². The number of hydrogen-bond donors (Lipinski definition) is 3. The number of phenolic OH excluding ortho intramolecular Hbond substituents is 3. The van der Waals surface area contributed by atoms with Crippen LogP contribution in [0.25, 0.3) is 0 Å². The Bertz CT molecular complexity index is 713. The smallest absolute Gasteiger partial charge is 0.229 e. The number of para-hydroxylation sites is 1. The van der Waals surface area contributed by atoms with Crippen LogP contribution < -0.4 is 0 Å². The largest absolute Gasteiger partial charge is 0.508 e. The van der Waals surface area contributed by atoms with E-state index in [4.69, 9.17) is 9.47 Å². The summed E-state index contributed by atoms with van der Waals surface area (Å²) >= 11 is 0. The van der Waals surface area contributed by atoms with Crippen LogP contribution in [-0.2, 0) is 15.3 Å². The lowest BCUT2D eigenvalue weighted by Gasteiger charge is -2.44. The van der Waals surface area contributed by atoms with E-state index in [1.54, 1.807) is 24.3 Å². The highest BCUT2D eigenvalue weighted by atomic mass is 16.7. The first-order valence-electron chi connectivity index (χ1n) is 7.43. The summed E-state index contributed by atoms with van der Waals surface area (Å²) in [7, 11) is 0. The van der Waals surface area contributed by atoms with Gasteiger partial charge in [-0.1, -0.05) is 26.0 Å². The molecule has 0 bridgehead atoms. The van der Waals surface area contributed by atoms with Gasteiger partial charge in [-0.25, -0.2) is 0 Å². The van der Waals surface area contributed by atoms with Crippen molar-refractivity contribution in [3.63, 3.8) is 0 Å². The number of benzene rings is 2. The molecule has 1 aliphatic heterocycles. The summed E-state index contributed by atoms with van der Waals surface area (Å²) in [6.45, 7) is 4.81. The molecule has 0 amide bonds. The number of rotatable bonds is 2. The molecular formula is C18H20O5. The molecule has 3 N–H and O–H groups in total. The van der Waals surface area contributed by atoms with Crippen molar-refractivity contribution in [2.75, 3.05) is 13.2 Å². The SMILES string of the molecule is CC1(C)COC(c2ccccc2O)(c2ccc(O)cc2O)OC1. The van der Waals surface area contributed by atoms with Gasteiger partial charge in [-0.05, 0) is 24.3 Å². The highest BCUT2D eigenvalue weighted by Gasteiger charge is 2.46. The molecule has 2 aromatic carbocycles. The van der Waals surface area contributed by atoms with E-state index in [1.165, 1.54) is 18.2 Å². The molecule has 0 spiro atoms. The van der Waals surface area contributed by atoms with E-state index in [1.807, 2.05) is 13.8 Å². The fourth-order valence-corrected chi connectivity index (χ4v) is 2.68. The molecule has 1 aliphatic rings. The summed E-state index contributed by atoms with van der Waals surface area (Å²) in [6.07, 6.45) is 0. The third kappa shape index (κ3) is 2.73. The maximum Gasteiger partial charge on any atom is 0.229 e. The van der Waals surface area contributed by atoms with Crippen molar-refractivity contribution >= 4 is 0 Å². The molecule has 0 atom stereocenters. The lowest BCUT2D eigenvalue weighted by molar-refractivity contribution is -0.285. The van der Waals surface area contributed by atoms with Crippen molar-refractivity contribution in [1.29, 1.82) is 0 Å². The maximum absolute atomic E-state index is 10.3. The van der Waals surface area contributed by atoms with Crippen LogP contribution in [0.4, 0.5) is 0 Å². The molecule has 23 heavy (non-hydrogen) atoms. The second-order valence-electron chi connectivity index (χ2n) is 6.58. The van der Waals surface area contributed by atoms with Crippen LogP contribution in [0, 0.1) is 5.41 Å². The number of aromatic hydroxyl groups is 3. The van der Waals surface area contributed by atoms with Crippen LogP contribution in [-0.4, -0.2) is 28.5 Å². The average molecular weight is 316 g/mol. The molecule has 5 nitrogen and oxygen atoms in total. The van der Waals surface area contributed by atoms with Gasteiger partial charge >= 0.3 is 0 Å². The molecule has 1 saturated heterocycles. The summed E-state index contributed by atoms with van der Waals surface area (Å²) in [5.41, 5.74) is 0.573. The normalized spacial score (nSPS) is 19.4. The zero-order chi connectivity index (χ0) is 16.7. The minimum Gasteiger partial charge on any atom is -0.508 e. The Kier molecular flexibility index (Phi) is 3.70. The maximum atomic E-state index is 10.3. The summed E-state index contributed by atoms with van der Waals surface area (Å²) in [4.78, 5) is 0. The van der Waals surface area contributed by atoms with Gasteiger partial charge < -0.3 is 24.8 Å². The Morgan fingerprint density at radius 3 is 2.04 bits per heavy atom. The van der Waals surface area contributed by atoms with Gasteiger partial charge in [0.05, 0.1) is 24.3 Å². The molecule has 2 aromatic rings. The van der Waals surface area contributed by atoms with Crippen LogP contribution in [0.5, 0.6) is 17.2 Å². The van der Waals surface area contributed by atoms with Gasteiger partial charge in [0.15, 0.2) is 0 Å². The fraction of sp³-hybridized carbons (Fsp3) is 0.333. The monoisotopic (exact) mass is 316 g/mol. The van der Waals surface area contributed by atoms with Gasteiger partial charge in [-0.15, -0.1) is 0 Å². The predicted molar refractivity (Wildman–Crippen MR) is 84.3 cm³/mol. The van der Waals surface area contributed by atoms with Gasteiger partial charge in [0.2, 0.25) is 5.79 Å². The first kappa shape index (κ1) is 15.6. The van der Waals surface area contributed by atoms with Crippen LogP contribution >= 0.6 is 0 Å². The van der Waals surface area contributed by atoms with Gasteiger partial charge in [0.25, 0.3) is 0 Å². The Morgan fingerprint density at radius 2 is 1.43 bits per heavy atom. The quantitative estimate of drug-likeness (QED) is 0.793. The number of phenols is 3. The van der Waals surface area contributed by atoms with Crippen molar-refractivity contribution in [3.8, 4) is 17.2 Å². The summed E-state index contributed by atoms with van der Waals surface area (Å²) in [5, 5.41) is 30.1. The number of ether oxygens (including phenoxy) is 2. The van der Waals surface area contributed by atoms with E-state index < -0.39 is 5.79 Å². The highest BCUT2D eigenvalue weighted by molar-refractivity contribution is 5.49. The van der Waals surface area contributed by atoms with Crippen molar-refractivity contribution in [3.05, 3.63) is 53.6 Å². The molecule has 0 aromatic heterocycles. The standard InChI is InChI=1S/C18H20O5/c1-17(2)10-22-18(23-11-17,13-5-3-4-6-15(13)20)14-8-7-12(19)9-16(14)21/h3-9,19-21H,10-11H2,1-2H3. The molecular weight excluding hydrogens is 296 g/mol. The second kappa shape index (κ2) is 5.44. The molecule has 1 heterocycles. The third-order valence-corrected chi connectivity index (χ3v) is 3.93. The zero-order valence-electron chi connectivity index (χ0n) is 13.1. The number of hydrogen-bond acceptors (Lipinski definition) is 5. The van der Waals surface area contributed by atoms with E-state index in [9.17, 15) is 15.3 Å². The van der Waals surface area contributed by atoms with Crippen LogP contribution in [0.15, 0.2) is 42.5 Å². The van der Waals surface area contributed by atoms with Gasteiger partial charge in [0, 0.05) is 11.5 Å². The first-order valence-corrected chi connectivity index (χ1v) is 7.43. The Balaban J connectivity index is 2.17.